The number of amides is 2. The van der Waals surface area contributed by atoms with Gasteiger partial charge in [0.15, 0.2) is 0 Å². The number of carbonyl (C=O) groups is 1. The average Bonchev–Trinajstić information content (AvgIpc) is 2.55. The van der Waals surface area contributed by atoms with Gasteiger partial charge in [0.1, 0.15) is 5.84 Å². The van der Waals surface area contributed by atoms with E-state index >= 15 is 0 Å². The van der Waals surface area contributed by atoms with E-state index in [1.807, 2.05) is 42.6 Å². The van der Waals surface area contributed by atoms with Gasteiger partial charge >= 0.3 is 6.03 Å². The predicted octanol–water partition coefficient (Wildman–Crippen LogP) is 1.42. The molecule has 0 spiro atoms. The van der Waals surface area contributed by atoms with Gasteiger partial charge in [-0.2, -0.15) is 0 Å². The quantitative estimate of drug-likeness (QED) is 0.293. The summed E-state index contributed by atoms with van der Waals surface area (Å²) in [6.45, 7) is 0. The highest BCUT2D eigenvalue weighted by atomic mass is 16.2. The average molecular weight is 312 g/mol. The highest BCUT2D eigenvalue weighted by Gasteiger charge is 2.11. The molecule has 0 saturated heterocycles. The molecule has 4 N–H and O–H groups in total. The standard InChI is InChI=1S/C16H20N6O/c1-21(2)16(23)22(18)20-15(17)10-12-5-7-13(8-6-12)14-4-3-9-19-11-14/h3-9,11H,10,18H2,1-2H3,(H2,17,20). The second-order valence-corrected chi connectivity index (χ2v) is 5.23. The van der Waals surface area contributed by atoms with Crippen LogP contribution in [0.2, 0.25) is 0 Å². The topological polar surface area (TPSA) is 101 Å². The molecule has 2 aromatic rings. The Morgan fingerprint density at radius 3 is 2.43 bits per heavy atom. The first kappa shape index (κ1) is 16.4. The van der Waals surface area contributed by atoms with E-state index in [-0.39, 0.29) is 5.84 Å². The Morgan fingerprint density at radius 1 is 1.17 bits per heavy atom. The second kappa shape index (κ2) is 7.37. The van der Waals surface area contributed by atoms with E-state index in [1.165, 1.54) is 4.90 Å². The number of hydrazine groups is 1. The zero-order valence-corrected chi connectivity index (χ0v) is 13.2. The second-order valence-electron chi connectivity index (χ2n) is 5.23. The first-order valence-corrected chi connectivity index (χ1v) is 7.06. The molecule has 2 rings (SSSR count). The fourth-order valence-corrected chi connectivity index (χ4v) is 1.98. The summed E-state index contributed by atoms with van der Waals surface area (Å²) in [5.41, 5.74) is 8.93. The number of hydrogen-bond acceptors (Lipinski definition) is 4. The summed E-state index contributed by atoms with van der Waals surface area (Å²) in [7, 11) is 3.18. The van der Waals surface area contributed by atoms with Crippen molar-refractivity contribution in [2.75, 3.05) is 14.1 Å². The van der Waals surface area contributed by atoms with Crippen LogP contribution in [0.5, 0.6) is 0 Å². The zero-order chi connectivity index (χ0) is 16.8. The van der Waals surface area contributed by atoms with Crippen LogP contribution >= 0.6 is 0 Å². The number of hydrazone groups is 1. The Balaban J connectivity index is 2.05. The van der Waals surface area contributed by atoms with Crippen LogP contribution in [0.25, 0.3) is 11.1 Å². The third kappa shape index (κ3) is 4.52. The largest absolute Gasteiger partial charge is 0.385 e. The van der Waals surface area contributed by atoms with Gasteiger partial charge < -0.3 is 10.6 Å². The SMILES string of the molecule is CN(C)C(=O)N(N)/N=C(\N)Cc1ccc(-c2cccnc2)cc1. The highest BCUT2D eigenvalue weighted by molar-refractivity contribution is 5.84. The van der Waals surface area contributed by atoms with Crippen LogP contribution < -0.4 is 11.6 Å². The summed E-state index contributed by atoms with van der Waals surface area (Å²) >= 11 is 0. The van der Waals surface area contributed by atoms with Crippen LogP contribution in [0.4, 0.5) is 4.79 Å². The van der Waals surface area contributed by atoms with Gasteiger partial charge in [-0.05, 0) is 22.8 Å². The molecule has 0 unspecified atom stereocenters. The molecule has 0 saturated carbocycles. The molecule has 0 radical (unpaired) electrons. The third-order valence-corrected chi connectivity index (χ3v) is 3.15. The number of amidine groups is 1. The van der Waals surface area contributed by atoms with Crippen LogP contribution in [-0.2, 0) is 6.42 Å². The summed E-state index contributed by atoms with van der Waals surface area (Å²) in [6.07, 6.45) is 3.95. The van der Waals surface area contributed by atoms with E-state index in [1.54, 1.807) is 20.3 Å². The highest BCUT2D eigenvalue weighted by Crippen LogP contribution is 2.18. The predicted molar refractivity (Wildman–Crippen MR) is 90.1 cm³/mol. The van der Waals surface area contributed by atoms with Gasteiger partial charge in [0.25, 0.3) is 0 Å². The van der Waals surface area contributed by atoms with Gasteiger partial charge in [-0.1, -0.05) is 30.3 Å². The number of hydrogen-bond donors (Lipinski definition) is 2. The lowest BCUT2D eigenvalue weighted by Gasteiger charge is -2.16. The van der Waals surface area contributed by atoms with Crippen molar-refractivity contribution < 1.29 is 4.79 Å². The number of benzene rings is 1. The number of carbonyl (C=O) groups excluding carboxylic acids is 1. The molecule has 1 heterocycles. The Morgan fingerprint density at radius 2 is 1.87 bits per heavy atom. The van der Waals surface area contributed by atoms with Crippen LogP contribution in [0.3, 0.4) is 0 Å². The van der Waals surface area contributed by atoms with Crippen molar-refractivity contribution >= 4 is 11.9 Å². The van der Waals surface area contributed by atoms with Crippen LogP contribution in [0.1, 0.15) is 5.56 Å². The minimum Gasteiger partial charge on any atom is -0.385 e. The molecule has 1 aromatic heterocycles. The normalized spacial score (nSPS) is 11.2. The van der Waals surface area contributed by atoms with Crippen molar-refractivity contribution in [3.63, 3.8) is 0 Å². The lowest BCUT2D eigenvalue weighted by atomic mass is 10.0. The van der Waals surface area contributed by atoms with Crippen molar-refractivity contribution in [2.24, 2.45) is 16.7 Å². The molecule has 0 aliphatic heterocycles. The van der Waals surface area contributed by atoms with Gasteiger partial charge in [0.05, 0.1) is 0 Å². The van der Waals surface area contributed by atoms with Crippen LogP contribution in [0.15, 0.2) is 53.9 Å². The van der Waals surface area contributed by atoms with E-state index in [0.29, 0.717) is 6.42 Å². The van der Waals surface area contributed by atoms with Gasteiger partial charge in [-0.25, -0.2) is 10.6 Å². The number of rotatable bonds is 4. The fourth-order valence-electron chi connectivity index (χ4n) is 1.98. The molecular weight excluding hydrogens is 292 g/mol. The van der Waals surface area contributed by atoms with Crippen molar-refractivity contribution in [2.45, 2.75) is 6.42 Å². The molecule has 0 fully saturated rings. The third-order valence-electron chi connectivity index (χ3n) is 3.15. The molecule has 23 heavy (non-hydrogen) atoms. The molecule has 0 aliphatic rings. The minimum absolute atomic E-state index is 0.261. The van der Waals surface area contributed by atoms with Gasteiger partial charge in [-0.15, -0.1) is 10.2 Å². The molecule has 7 heteroatoms. The van der Waals surface area contributed by atoms with Crippen molar-refractivity contribution in [3.8, 4) is 11.1 Å². The fraction of sp³-hybridized carbons (Fsp3) is 0.188. The van der Waals surface area contributed by atoms with E-state index < -0.39 is 6.03 Å². The van der Waals surface area contributed by atoms with Crippen LogP contribution in [0, 0.1) is 0 Å². The summed E-state index contributed by atoms with van der Waals surface area (Å²) in [4.78, 5) is 17.0. The molecule has 0 aliphatic carbocycles. The van der Waals surface area contributed by atoms with Crippen molar-refractivity contribution in [1.29, 1.82) is 0 Å². The molecule has 0 atom stereocenters. The Labute approximate surface area is 135 Å². The van der Waals surface area contributed by atoms with Crippen LogP contribution in [-0.4, -0.2) is 41.0 Å². The number of nitrogens with two attached hydrogens (primary N) is 2. The molecular formula is C16H20N6O. The Hall–Kier alpha value is -2.93. The van der Waals surface area contributed by atoms with Crippen molar-refractivity contribution in [3.05, 3.63) is 54.4 Å². The maximum Gasteiger partial charge on any atom is 0.354 e. The number of nitrogens with zero attached hydrogens (tertiary/aromatic N) is 4. The molecule has 0 bridgehead atoms. The number of aromatic nitrogens is 1. The summed E-state index contributed by atoms with van der Waals surface area (Å²) in [5, 5.41) is 4.61. The first-order chi connectivity index (χ1) is 11.0. The zero-order valence-electron chi connectivity index (χ0n) is 13.2. The Bertz CT molecular complexity index is 681. The smallest absolute Gasteiger partial charge is 0.354 e. The monoisotopic (exact) mass is 312 g/mol. The molecule has 2 amide bonds. The van der Waals surface area contributed by atoms with E-state index in [2.05, 4.69) is 10.1 Å². The van der Waals surface area contributed by atoms with Crippen molar-refractivity contribution in [1.82, 2.24) is 15.0 Å². The number of urea groups is 1. The maximum absolute atomic E-state index is 11.6. The summed E-state index contributed by atoms with van der Waals surface area (Å²) < 4.78 is 0. The molecule has 7 nitrogen and oxygen atoms in total. The minimum atomic E-state index is -0.445. The van der Waals surface area contributed by atoms with Gasteiger partial charge in [-0.3, -0.25) is 4.98 Å². The lowest BCUT2D eigenvalue weighted by molar-refractivity contribution is 0.174. The lowest BCUT2D eigenvalue weighted by Crippen LogP contribution is -2.41. The maximum atomic E-state index is 11.6. The Kier molecular flexibility index (Phi) is 5.27. The van der Waals surface area contributed by atoms with E-state index in [4.69, 9.17) is 11.6 Å². The molecule has 120 valence electrons. The summed E-state index contributed by atoms with van der Waals surface area (Å²) in [6, 6.07) is 11.3. The molecule has 1 aromatic carbocycles. The number of pyridine rings is 1. The summed E-state index contributed by atoms with van der Waals surface area (Å²) in [5.74, 6) is 5.80. The van der Waals surface area contributed by atoms with E-state index in [0.717, 1.165) is 21.8 Å². The van der Waals surface area contributed by atoms with E-state index in [9.17, 15) is 4.79 Å². The van der Waals surface area contributed by atoms with Gasteiger partial charge in [0.2, 0.25) is 0 Å². The van der Waals surface area contributed by atoms with Gasteiger partial charge in [0, 0.05) is 32.9 Å². The first-order valence-electron chi connectivity index (χ1n) is 7.06.